The summed E-state index contributed by atoms with van der Waals surface area (Å²) in [5.74, 6) is -0.736. The number of hydrogen-bond donors (Lipinski definition) is 3. The first-order valence-electron chi connectivity index (χ1n) is 7.65. The van der Waals surface area contributed by atoms with Gasteiger partial charge in [0.2, 0.25) is 0 Å². The van der Waals surface area contributed by atoms with E-state index >= 15 is 4.39 Å². The molecule has 5 atom stereocenters. The summed E-state index contributed by atoms with van der Waals surface area (Å²) in [4.78, 5) is 37.1. The number of H-pyrrole nitrogens is 1. The number of nitrogens with one attached hydrogen (secondary N) is 1. The van der Waals surface area contributed by atoms with Crippen molar-refractivity contribution >= 4 is 5.97 Å². The zero-order valence-electron chi connectivity index (χ0n) is 14.4. The van der Waals surface area contributed by atoms with Crippen LogP contribution < -0.4 is 17.0 Å². The van der Waals surface area contributed by atoms with Gasteiger partial charge in [-0.15, -0.1) is 0 Å². The van der Waals surface area contributed by atoms with Crippen LogP contribution in [-0.2, 0) is 14.3 Å². The summed E-state index contributed by atoms with van der Waals surface area (Å²) in [6, 6.07) is -1.13. The lowest BCUT2D eigenvalue weighted by Crippen LogP contribution is -2.53. The maximum absolute atomic E-state index is 15.4. The molecule has 2 rings (SSSR count). The molecule has 1 aliphatic rings. The summed E-state index contributed by atoms with van der Waals surface area (Å²) in [5, 5.41) is 10.6. The summed E-state index contributed by atoms with van der Waals surface area (Å²) < 4.78 is 26.3. The number of aliphatic hydroxyl groups is 1. The van der Waals surface area contributed by atoms with Gasteiger partial charge in [0.25, 0.3) is 5.56 Å². The fourth-order valence-electron chi connectivity index (χ4n) is 2.83. The Bertz CT molecular complexity index is 784. The smallest absolute Gasteiger partial charge is 0.330 e. The second-order valence-electron chi connectivity index (χ2n) is 6.54. The van der Waals surface area contributed by atoms with E-state index in [4.69, 9.17) is 10.5 Å². The quantitative estimate of drug-likeness (QED) is 0.593. The third kappa shape index (κ3) is 3.12. The van der Waals surface area contributed by atoms with Crippen molar-refractivity contribution in [2.24, 2.45) is 5.73 Å². The van der Waals surface area contributed by atoms with Gasteiger partial charge in [-0.05, 0) is 20.8 Å². The fourth-order valence-corrected chi connectivity index (χ4v) is 2.83. The summed E-state index contributed by atoms with van der Waals surface area (Å²) in [7, 11) is 1.15. The van der Waals surface area contributed by atoms with Crippen LogP contribution in [0.5, 0.6) is 0 Å². The van der Waals surface area contributed by atoms with Gasteiger partial charge in [0.1, 0.15) is 11.6 Å². The first kappa shape index (κ1) is 19.3. The van der Waals surface area contributed by atoms with Gasteiger partial charge < -0.3 is 20.3 Å². The van der Waals surface area contributed by atoms with Crippen LogP contribution in [0.25, 0.3) is 0 Å². The number of alkyl halides is 1. The molecule has 140 valence electrons. The highest BCUT2D eigenvalue weighted by Gasteiger charge is 2.63. The molecule has 1 fully saturated rings. The molecule has 9 nitrogen and oxygen atoms in total. The second kappa shape index (κ2) is 6.36. The molecule has 1 saturated heterocycles. The normalized spacial score (nSPS) is 33.2. The Morgan fingerprint density at radius 2 is 2.16 bits per heavy atom. The van der Waals surface area contributed by atoms with Gasteiger partial charge in [-0.3, -0.25) is 19.1 Å². The van der Waals surface area contributed by atoms with Crippen molar-refractivity contribution in [1.82, 2.24) is 9.55 Å². The number of hydrogen-bond acceptors (Lipinski definition) is 7. The standard InChI is InChI=1S/C15H22FN3O6/c1-7-6-19(13(22)18-10(7)20)12-14(2,16)15(3,23)9(25-12)5-8(17)11(21)24-4/h6,8-9,12,23H,5,17H2,1-4H3,(H,18,20,22)/t8?,9-,12+,14+,15+/m1/s1. The van der Waals surface area contributed by atoms with E-state index in [1.165, 1.54) is 13.8 Å². The molecule has 0 radical (unpaired) electrons. The zero-order valence-corrected chi connectivity index (χ0v) is 14.4. The lowest BCUT2D eigenvalue weighted by atomic mass is 9.82. The largest absolute Gasteiger partial charge is 0.468 e. The molecule has 0 aromatic carbocycles. The van der Waals surface area contributed by atoms with Gasteiger partial charge in [-0.25, -0.2) is 9.18 Å². The average Bonchev–Trinajstić information content (AvgIpc) is 2.69. The van der Waals surface area contributed by atoms with Crippen molar-refractivity contribution < 1.29 is 23.8 Å². The monoisotopic (exact) mass is 359 g/mol. The number of aryl methyl sites for hydroxylation is 1. The van der Waals surface area contributed by atoms with E-state index in [2.05, 4.69) is 9.72 Å². The van der Waals surface area contributed by atoms with Crippen molar-refractivity contribution in [1.29, 1.82) is 0 Å². The molecule has 1 unspecified atom stereocenters. The molecular formula is C15H22FN3O6. The summed E-state index contributed by atoms with van der Waals surface area (Å²) in [5.41, 5.74) is -0.0818. The SMILES string of the molecule is COC(=O)C(N)C[C@H]1O[C@H](n2cc(C)c(=O)[nH]c2=O)[C@](C)(F)[C@@]1(C)O. The van der Waals surface area contributed by atoms with Gasteiger partial charge in [-0.2, -0.15) is 0 Å². The van der Waals surface area contributed by atoms with E-state index in [-0.39, 0.29) is 12.0 Å². The van der Waals surface area contributed by atoms with Crippen LogP contribution >= 0.6 is 0 Å². The maximum Gasteiger partial charge on any atom is 0.330 e. The summed E-state index contributed by atoms with van der Waals surface area (Å²) in [6.07, 6.45) is -1.75. The van der Waals surface area contributed by atoms with Crippen LogP contribution in [0.2, 0.25) is 0 Å². The molecule has 0 spiro atoms. The third-order valence-electron chi connectivity index (χ3n) is 4.74. The van der Waals surface area contributed by atoms with Gasteiger partial charge in [-0.1, -0.05) is 0 Å². The van der Waals surface area contributed by atoms with Crippen LogP contribution in [-0.4, -0.2) is 51.2 Å². The highest BCUT2D eigenvalue weighted by Crippen LogP contribution is 2.48. The van der Waals surface area contributed by atoms with Crippen LogP contribution in [0, 0.1) is 6.92 Å². The van der Waals surface area contributed by atoms with E-state index < -0.39 is 46.9 Å². The van der Waals surface area contributed by atoms with Crippen LogP contribution in [0.1, 0.15) is 32.1 Å². The van der Waals surface area contributed by atoms with Crippen LogP contribution in [0.3, 0.4) is 0 Å². The number of aromatic amines is 1. The molecule has 1 aliphatic heterocycles. The Hall–Kier alpha value is -2.04. The molecule has 0 aliphatic carbocycles. The first-order valence-corrected chi connectivity index (χ1v) is 7.65. The Labute approximate surface area is 142 Å². The number of carbonyl (C=O) groups excluding carboxylic acids is 1. The van der Waals surface area contributed by atoms with Gasteiger partial charge >= 0.3 is 11.7 Å². The number of methoxy groups -OCH3 is 1. The Morgan fingerprint density at radius 1 is 1.56 bits per heavy atom. The van der Waals surface area contributed by atoms with Crippen LogP contribution in [0.15, 0.2) is 15.8 Å². The lowest BCUT2D eigenvalue weighted by molar-refractivity contribution is -0.144. The molecule has 1 aromatic rings. The molecule has 10 heteroatoms. The number of carbonyl (C=O) groups is 1. The Morgan fingerprint density at radius 3 is 2.72 bits per heavy atom. The predicted octanol–water partition coefficient (Wildman–Crippen LogP) is -0.888. The Kier molecular flexibility index (Phi) is 4.90. The minimum absolute atomic E-state index is 0.174. The van der Waals surface area contributed by atoms with Gasteiger partial charge in [0.05, 0.1) is 13.2 Å². The second-order valence-corrected chi connectivity index (χ2v) is 6.54. The number of halogens is 1. The van der Waals surface area contributed by atoms with E-state index in [0.29, 0.717) is 0 Å². The van der Waals surface area contributed by atoms with Crippen molar-refractivity contribution in [2.75, 3.05) is 7.11 Å². The van der Waals surface area contributed by atoms with Crippen molar-refractivity contribution in [3.05, 3.63) is 32.6 Å². The lowest BCUT2D eigenvalue weighted by Gasteiger charge is -2.33. The molecule has 2 heterocycles. The van der Waals surface area contributed by atoms with E-state index in [9.17, 15) is 19.5 Å². The number of nitrogens with two attached hydrogens (primary N) is 1. The molecule has 4 N–H and O–H groups in total. The van der Waals surface area contributed by atoms with Crippen molar-refractivity contribution in [3.8, 4) is 0 Å². The molecule has 1 aromatic heterocycles. The summed E-state index contributed by atoms with van der Waals surface area (Å²) >= 11 is 0. The predicted molar refractivity (Wildman–Crippen MR) is 84.7 cm³/mol. The first-order chi connectivity index (χ1) is 11.4. The zero-order chi connectivity index (χ0) is 19.2. The van der Waals surface area contributed by atoms with Gasteiger partial charge in [0.15, 0.2) is 11.9 Å². The van der Waals surface area contributed by atoms with Crippen molar-refractivity contribution in [3.63, 3.8) is 0 Å². The number of aromatic nitrogens is 2. The maximum atomic E-state index is 15.4. The molecular weight excluding hydrogens is 337 g/mol. The Balaban J connectivity index is 2.42. The molecule has 0 saturated carbocycles. The highest BCUT2D eigenvalue weighted by atomic mass is 19.1. The number of ether oxygens (including phenoxy) is 2. The number of rotatable bonds is 4. The number of esters is 1. The molecule has 25 heavy (non-hydrogen) atoms. The average molecular weight is 359 g/mol. The van der Waals surface area contributed by atoms with Gasteiger partial charge in [0, 0.05) is 18.2 Å². The van der Waals surface area contributed by atoms with Crippen molar-refractivity contribution in [2.45, 2.75) is 56.8 Å². The minimum Gasteiger partial charge on any atom is -0.468 e. The van der Waals surface area contributed by atoms with Crippen LogP contribution in [0.4, 0.5) is 4.39 Å². The van der Waals surface area contributed by atoms with E-state index in [1.54, 1.807) is 0 Å². The molecule has 0 bridgehead atoms. The molecule has 0 amide bonds. The van der Waals surface area contributed by atoms with E-state index in [1.807, 2.05) is 0 Å². The highest BCUT2D eigenvalue weighted by molar-refractivity contribution is 5.75. The topological polar surface area (TPSA) is 137 Å². The minimum atomic E-state index is -2.40. The third-order valence-corrected chi connectivity index (χ3v) is 4.74. The van der Waals surface area contributed by atoms with E-state index in [0.717, 1.165) is 24.8 Å². The summed E-state index contributed by atoms with van der Waals surface area (Å²) in [6.45, 7) is 3.72. The fraction of sp³-hybridized carbons (Fsp3) is 0.667. The number of nitrogens with zero attached hydrogens (tertiary/aromatic N) is 1.